The van der Waals surface area contributed by atoms with Gasteiger partial charge in [0, 0.05) is 32.7 Å². The van der Waals surface area contributed by atoms with Gasteiger partial charge in [0.1, 0.15) is 5.75 Å². The van der Waals surface area contributed by atoms with Crippen molar-refractivity contribution >= 4 is 0 Å². The van der Waals surface area contributed by atoms with Gasteiger partial charge in [-0.25, -0.2) is 0 Å². The Balaban J connectivity index is 2.21. The number of hydrogen-bond donors (Lipinski definition) is 1. The van der Waals surface area contributed by atoms with Crippen LogP contribution >= 0.6 is 0 Å². The molecule has 4 heteroatoms. The Morgan fingerprint density at radius 2 is 1.68 bits per heavy atom. The van der Waals surface area contributed by atoms with Gasteiger partial charge in [0.05, 0.1) is 7.11 Å². The second-order valence-corrected chi connectivity index (χ2v) is 4.15. The van der Waals surface area contributed by atoms with Gasteiger partial charge in [-0.05, 0) is 31.5 Å². The minimum atomic E-state index is -0.0987. The molecule has 0 amide bonds. The van der Waals surface area contributed by atoms with Crippen LogP contribution < -0.4 is 10.1 Å². The molecular weight excluding hydrogens is 242 g/mol. The van der Waals surface area contributed by atoms with Gasteiger partial charge in [0.25, 0.3) is 0 Å². The first kappa shape index (κ1) is 16.0. The normalized spacial score (nSPS) is 10.9. The van der Waals surface area contributed by atoms with E-state index in [2.05, 4.69) is 17.4 Å². The van der Waals surface area contributed by atoms with Crippen LogP contribution in [0.5, 0.6) is 5.75 Å². The van der Waals surface area contributed by atoms with Crippen LogP contribution in [0.4, 0.5) is 0 Å². The Bertz CT molecular complexity index is 321. The Kier molecular flexibility index (Phi) is 8.21. The van der Waals surface area contributed by atoms with Crippen molar-refractivity contribution in [1.82, 2.24) is 5.32 Å². The molecule has 0 unspecified atom stereocenters. The maximum absolute atomic E-state index is 5.49. The van der Waals surface area contributed by atoms with E-state index in [1.165, 1.54) is 5.56 Å². The predicted molar refractivity (Wildman–Crippen MR) is 76.4 cm³/mol. The number of ether oxygens (including phenoxy) is 3. The quantitative estimate of drug-likeness (QED) is 0.522. The zero-order chi connectivity index (χ0) is 13.9. The molecule has 0 saturated heterocycles. The summed E-state index contributed by atoms with van der Waals surface area (Å²) in [5.41, 5.74) is 1.24. The smallest absolute Gasteiger partial charge is 0.158 e. The van der Waals surface area contributed by atoms with Gasteiger partial charge in [-0.2, -0.15) is 0 Å². The molecule has 1 N–H and O–H groups in total. The standard InChI is InChI=1S/C15H25NO3/c1-4-18-15(19-5-2)10-11-16-12-13-6-8-14(17-3)9-7-13/h6-9,15-16H,4-5,10-12H2,1-3H3. The molecule has 0 atom stereocenters. The number of methoxy groups -OCH3 is 1. The minimum absolute atomic E-state index is 0.0987. The largest absolute Gasteiger partial charge is 0.497 e. The summed E-state index contributed by atoms with van der Waals surface area (Å²) in [6.45, 7) is 7.05. The van der Waals surface area contributed by atoms with E-state index in [9.17, 15) is 0 Å². The molecule has 0 aliphatic heterocycles. The summed E-state index contributed by atoms with van der Waals surface area (Å²) in [7, 11) is 1.68. The van der Waals surface area contributed by atoms with Crippen LogP contribution in [0, 0.1) is 0 Å². The highest BCUT2D eigenvalue weighted by atomic mass is 16.7. The number of nitrogens with one attached hydrogen (secondary N) is 1. The third-order valence-corrected chi connectivity index (χ3v) is 2.75. The lowest BCUT2D eigenvalue weighted by atomic mass is 10.2. The fourth-order valence-corrected chi connectivity index (χ4v) is 1.78. The first-order valence-electron chi connectivity index (χ1n) is 6.87. The summed E-state index contributed by atoms with van der Waals surface area (Å²) in [4.78, 5) is 0. The molecule has 19 heavy (non-hydrogen) atoms. The van der Waals surface area contributed by atoms with Crippen LogP contribution in [0.25, 0.3) is 0 Å². The van der Waals surface area contributed by atoms with E-state index in [1.807, 2.05) is 26.0 Å². The molecule has 0 fully saturated rings. The summed E-state index contributed by atoms with van der Waals surface area (Å²) in [6, 6.07) is 8.07. The third kappa shape index (κ3) is 6.57. The van der Waals surface area contributed by atoms with E-state index in [1.54, 1.807) is 7.11 Å². The predicted octanol–water partition coefficient (Wildman–Crippen LogP) is 2.57. The molecule has 0 heterocycles. The van der Waals surface area contributed by atoms with E-state index in [0.717, 1.165) is 25.3 Å². The van der Waals surface area contributed by atoms with Crippen molar-refractivity contribution in [2.75, 3.05) is 26.9 Å². The van der Waals surface area contributed by atoms with Gasteiger partial charge in [-0.15, -0.1) is 0 Å². The summed E-state index contributed by atoms with van der Waals surface area (Å²) >= 11 is 0. The minimum Gasteiger partial charge on any atom is -0.497 e. The van der Waals surface area contributed by atoms with Crippen LogP contribution in [-0.2, 0) is 16.0 Å². The van der Waals surface area contributed by atoms with Crippen LogP contribution in [0.2, 0.25) is 0 Å². The van der Waals surface area contributed by atoms with Crippen molar-refractivity contribution in [3.8, 4) is 5.75 Å². The van der Waals surface area contributed by atoms with Gasteiger partial charge in [0.2, 0.25) is 0 Å². The molecule has 0 bridgehead atoms. The monoisotopic (exact) mass is 267 g/mol. The third-order valence-electron chi connectivity index (χ3n) is 2.75. The van der Waals surface area contributed by atoms with Crippen LogP contribution in [-0.4, -0.2) is 33.2 Å². The molecule has 0 aromatic heterocycles. The lowest BCUT2D eigenvalue weighted by molar-refractivity contribution is -0.138. The molecule has 1 aromatic rings. The molecule has 0 aliphatic rings. The molecule has 0 spiro atoms. The van der Waals surface area contributed by atoms with Gasteiger partial charge >= 0.3 is 0 Å². The zero-order valence-electron chi connectivity index (χ0n) is 12.1. The highest BCUT2D eigenvalue weighted by Crippen LogP contribution is 2.11. The zero-order valence-corrected chi connectivity index (χ0v) is 12.1. The molecule has 4 nitrogen and oxygen atoms in total. The molecule has 1 aromatic carbocycles. The first-order chi connectivity index (χ1) is 9.30. The Morgan fingerprint density at radius 1 is 1.05 bits per heavy atom. The highest BCUT2D eigenvalue weighted by molar-refractivity contribution is 5.26. The van der Waals surface area contributed by atoms with Crippen molar-refractivity contribution < 1.29 is 14.2 Å². The van der Waals surface area contributed by atoms with Gasteiger partial charge in [-0.1, -0.05) is 12.1 Å². The second kappa shape index (κ2) is 9.78. The van der Waals surface area contributed by atoms with Gasteiger partial charge in [0.15, 0.2) is 6.29 Å². The fraction of sp³-hybridized carbons (Fsp3) is 0.600. The Labute approximate surface area is 116 Å². The average Bonchev–Trinajstić information content (AvgIpc) is 2.44. The Hall–Kier alpha value is -1.10. The molecule has 1 rings (SSSR count). The summed E-state index contributed by atoms with van der Waals surface area (Å²) in [5, 5.41) is 3.39. The Morgan fingerprint density at radius 3 is 2.21 bits per heavy atom. The fourth-order valence-electron chi connectivity index (χ4n) is 1.78. The number of rotatable bonds is 10. The van der Waals surface area contributed by atoms with Crippen molar-refractivity contribution in [3.05, 3.63) is 29.8 Å². The van der Waals surface area contributed by atoms with Crippen LogP contribution in [0.1, 0.15) is 25.8 Å². The highest BCUT2D eigenvalue weighted by Gasteiger charge is 2.06. The SMILES string of the molecule is CCOC(CCNCc1ccc(OC)cc1)OCC. The number of benzene rings is 1. The molecule has 0 saturated carbocycles. The van der Waals surface area contributed by atoms with E-state index in [4.69, 9.17) is 14.2 Å². The van der Waals surface area contributed by atoms with Crippen molar-refractivity contribution in [2.24, 2.45) is 0 Å². The lowest BCUT2D eigenvalue weighted by Crippen LogP contribution is -2.24. The lowest BCUT2D eigenvalue weighted by Gasteiger charge is -2.17. The molecule has 108 valence electrons. The summed E-state index contributed by atoms with van der Waals surface area (Å²) in [5.74, 6) is 0.886. The van der Waals surface area contributed by atoms with Gasteiger partial charge < -0.3 is 19.5 Å². The molecule has 0 aliphatic carbocycles. The van der Waals surface area contributed by atoms with E-state index in [0.29, 0.717) is 13.2 Å². The first-order valence-corrected chi connectivity index (χ1v) is 6.87. The maximum atomic E-state index is 5.49. The maximum Gasteiger partial charge on any atom is 0.158 e. The van der Waals surface area contributed by atoms with Crippen molar-refractivity contribution in [2.45, 2.75) is 33.1 Å². The van der Waals surface area contributed by atoms with Crippen molar-refractivity contribution in [3.63, 3.8) is 0 Å². The van der Waals surface area contributed by atoms with E-state index in [-0.39, 0.29) is 6.29 Å². The molecular formula is C15H25NO3. The van der Waals surface area contributed by atoms with E-state index >= 15 is 0 Å². The van der Waals surface area contributed by atoms with Crippen molar-refractivity contribution in [1.29, 1.82) is 0 Å². The summed E-state index contributed by atoms with van der Waals surface area (Å²) in [6.07, 6.45) is 0.760. The van der Waals surface area contributed by atoms with E-state index < -0.39 is 0 Å². The average molecular weight is 267 g/mol. The number of hydrogen-bond acceptors (Lipinski definition) is 4. The second-order valence-electron chi connectivity index (χ2n) is 4.15. The molecule has 0 radical (unpaired) electrons. The van der Waals surface area contributed by atoms with Crippen LogP contribution in [0.15, 0.2) is 24.3 Å². The summed E-state index contributed by atoms with van der Waals surface area (Å²) < 4.78 is 16.1. The van der Waals surface area contributed by atoms with Gasteiger partial charge in [-0.3, -0.25) is 0 Å². The topological polar surface area (TPSA) is 39.7 Å². The van der Waals surface area contributed by atoms with Crippen LogP contribution in [0.3, 0.4) is 0 Å².